The van der Waals surface area contributed by atoms with Gasteiger partial charge in [0.1, 0.15) is 0 Å². The molecule has 0 saturated heterocycles. The monoisotopic (exact) mass is 277 g/mol. The molecule has 0 bridgehead atoms. The summed E-state index contributed by atoms with van der Waals surface area (Å²) >= 11 is 1.56. The van der Waals surface area contributed by atoms with Gasteiger partial charge in [-0.05, 0) is 19.8 Å². The van der Waals surface area contributed by atoms with Gasteiger partial charge in [0.15, 0.2) is 5.69 Å². The Morgan fingerprint density at radius 1 is 1.63 bits per heavy atom. The third-order valence-corrected chi connectivity index (χ3v) is 3.95. The van der Waals surface area contributed by atoms with Gasteiger partial charge in [-0.2, -0.15) is 5.10 Å². The van der Waals surface area contributed by atoms with Crippen molar-refractivity contribution in [2.24, 2.45) is 0 Å². The molecule has 2 aromatic heterocycles. The molecule has 0 aliphatic heterocycles. The first-order valence-electron chi connectivity index (χ1n) is 6.18. The number of nitrogens with zero attached hydrogens (tertiary/aromatic N) is 2. The summed E-state index contributed by atoms with van der Waals surface area (Å²) in [5.41, 5.74) is 8.47. The molecule has 2 aromatic rings. The number of carbonyl (C=O) groups excluding carboxylic acids is 1. The molecular weight excluding hydrogens is 262 g/mol. The van der Waals surface area contributed by atoms with E-state index in [1.54, 1.807) is 11.3 Å². The molecule has 7 heteroatoms. The maximum absolute atomic E-state index is 12.0. The average molecular weight is 277 g/mol. The van der Waals surface area contributed by atoms with Crippen LogP contribution in [0.2, 0.25) is 0 Å². The quantitative estimate of drug-likeness (QED) is 0.790. The van der Waals surface area contributed by atoms with E-state index in [9.17, 15) is 4.79 Å². The second-order valence-corrected chi connectivity index (χ2v) is 5.78. The number of hydrogen-bond donors (Lipinski definition) is 3. The minimum absolute atomic E-state index is 0.258. The van der Waals surface area contributed by atoms with Crippen molar-refractivity contribution < 1.29 is 4.79 Å². The lowest BCUT2D eigenvalue weighted by atomic mass is 10.2. The standard InChI is InChI=1S/C12H15N5OS/c1-6-15-8(5-19-6)4-14-12(18)11-9(13)10(16-17-11)7-2-3-7/h5,7H,2-4,13H2,1H3,(H,14,18)(H,16,17). The van der Waals surface area contributed by atoms with E-state index in [0.29, 0.717) is 18.2 Å². The smallest absolute Gasteiger partial charge is 0.274 e. The van der Waals surface area contributed by atoms with E-state index in [4.69, 9.17) is 5.73 Å². The number of thiazole rings is 1. The number of nitrogen functional groups attached to an aromatic ring is 1. The predicted molar refractivity (Wildman–Crippen MR) is 73.0 cm³/mol. The first kappa shape index (κ1) is 12.2. The van der Waals surface area contributed by atoms with Crippen molar-refractivity contribution in [2.75, 3.05) is 5.73 Å². The van der Waals surface area contributed by atoms with Gasteiger partial charge in [0.2, 0.25) is 0 Å². The average Bonchev–Trinajstić information content (AvgIpc) is 3.03. The zero-order valence-electron chi connectivity index (χ0n) is 10.6. The number of H-pyrrole nitrogens is 1. The third kappa shape index (κ3) is 2.46. The van der Waals surface area contributed by atoms with Crippen LogP contribution in [0.4, 0.5) is 5.69 Å². The molecule has 1 fully saturated rings. The largest absolute Gasteiger partial charge is 0.395 e. The van der Waals surface area contributed by atoms with Crippen LogP contribution in [0.15, 0.2) is 5.38 Å². The lowest BCUT2D eigenvalue weighted by Crippen LogP contribution is -2.24. The fourth-order valence-corrected chi connectivity index (χ4v) is 2.58. The van der Waals surface area contributed by atoms with Crippen LogP contribution >= 0.6 is 11.3 Å². The van der Waals surface area contributed by atoms with Gasteiger partial charge in [0, 0.05) is 11.3 Å². The second-order valence-electron chi connectivity index (χ2n) is 4.71. The van der Waals surface area contributed by atoms with Gasteiger partial charge < -0.3 is 11.1 Å². The van der Waals surface area contributed by atoms with E-state index in [1.165, 1.54) is 0 Å². The topological polar surface area (TPSA) is 96.7 Å². The third-order valence-electron chi connectivity index (χ3n) is 3.13. The number of amides is 1. The summed E-state index contributed by atoms with van der Waals surface area (Å²) < 4.78 is 0. The number of carbonyl (C=O) groups is 1. The van der Waals surface area contributed by atoms with Crippen LogP contribution in [0.1, 0.15) is 45.6 Å². The van der Waals surface area contributed by atoms with Crippen LogP contribution in [0.5, 0.6) is 0 Å². The molecule has 1 aliphatic carbocycles. The summed E-state index contributed by atoms with van der Waals surface area (Å²) in [4.78, 5) is 16.3. The molecule has 0 unspecified atom stereocenters. The minimum Gasteiger partial charge on any atom is -0.395 e. The molecule has 1 amide bonds. The molecule has 6 nitrogen and oxygen atoms in total. The van der Waals surface area contributed by atoms with Crippen molar-refractivity contribution in [2.45, 2.75) is 32.2 Å². The number of rotatable bonds is 4. The molecular formula is C12H15N5OS. The van der Waals surface area contributed by atoms with Crippen molar-refractivity contribution in [3.8, 4) is 0 Å². The summed E-state index contributed by atoms with van der Waals surface area (Å²) in [6.45, 7) is 2.33. The molecule has 0 radical (unpaired) electrons. The highest BCUT2D eigenvalue weighted by Crippen LogP contribution is 2.42. The van der Waals surface area contributed by atoms with Crippen molar-refractivity contribution in [1.29, 1.82) is 0 Å². The van der Waals surface area contributed by atoms with Crippen LogP contribution in [-0.2, 0) is 6.54 Å². The van der Waals surface area contributed by atoms with E-state index in [1.807, 2.05) is 12.3 Å². The Morgan fingerprint density at radius 2 is 2.42 bits per heavy atom. The highest BCUT2D eigenvalue weighted by Gasteiger charge is 2.30. The van der Waals surface area contributed by atoms with Gasteiger partial charge in [-0.1, -0.05) is 0 Å². The van der Waals surface area contributed by atoms with Gasteiger partial charge in [0.25, 0.3) is 5.91 Å². The predicted octanol–water partition coefficient (Wildman–Crippen LogP) is 1.56. The Morgan fingerprint density at radius 3 is 3.05 bits per heavy atom. The zero-order valence-corrected chi connectivity index (χ0v) is 11.4. The maximum Gasteiger partial charge on any atom is 0.274 e. The van der Waals surface area contributed by atoms with Gasteiger partial charge in [-0.3, -0.25) is 9.89 Å². The van der Waals surface area contributed by atoms with Crippen LogP contribution in [0.25, 0.3) is 0 Å². The highest BCUT2D eigenvalue weighted by atomic mass is 32.1. The van der Waals surface area contributed by atoms with Crippen molar-refractivity contribution >= 4 is 22.9 Å². The van der Waals surface area contributed by atoms with Crippen molar-refractivity contribution in [3.63, 3.8) is 0 Å². The number of aryl methyl sites for hydroxylation is 1. The zero-order chi connectivity index (χ0) is 13.4. The first-order valence-corrected chi connectivity index (χ1v) is 7.06. The lowest BCUT2D eigenvalue weighted by molar-refractivity contribution is 0.0946. The van der Waals surface area contributed by atoms with Crippen LogP contribution in [0, 0.1) is 6.92 Å². The van der Waals surface area contributed by atoms with Gasteiger partial charge in [-0.25, -0.2) is 4.98 Å². The number of nitrogens with two attached hydrogens (primary N) is 1. The van der Waals surface area contributed by atoms with Crippen LogP contribution < -0.4 is 11.1 Å². The second kappa shape index (κ2) is 4.65. The normalized spacial score (nSPS) is 14.6. The SMILES string of the molecule is Cc1nc(CNC(=O)c2n[nH]c(C3CC3)c2N)cs1. The lowest BCUT2D eigenvalue weighted by Gasteiger charge is -2.01. The van der Waals surface area contributed by atoms with Gasteiger partial charge in [-0.15, -0.1) is 11.3 Å². The van der Waals surface area contributed by atoms with Crippen LogP contribution in [-0.4, -0.2) is 21.1 Å². The van der Waals surface area contributed by atoms with Crippen molar-refractivity contribution in [3.05, 3.63) is 27.5 Å². The fraction of sp³-hybridized carbons (Fsp3) is 0.417. The summed E-state index contributed by atoms with van der Waals surface area (Å²) in [5.74, 6) is 0.196. The number of aromatic amines is 1. The van der Waals surface area contributed by atoms with Gasteiger partial charge in [0.05, 0.1) is 28.6 Å². The molecule has 1 aliphatic rings. The Bertz CT molecular complexity index is 613. The number of aromatic nitrogens is 3. The summed E-state index contributed by atoms with van der Waals surface area (Å²) in [6.07, 6.45) is 2.23. The molecule has 1 saturated carbocycles. The molecule has 0 atom stereocenters. The molecule has 19 heavy (non-hydrogen) atoms. The summed E-state index contributed by atoms with van der Waals surface area (Å²) in [5, 5.41) is 12.6. The maximum atomic E-state index is 12.0. The number of nitrogens with one attached hydrogen (secondary N) is 2. The number of anilines is 1. The fourth-order valence-electron chi connectivity index (χ4n) is 1.96. The molecule has 2 heterocycles. The van der Waals surface area contributed by atoms with Crippen molar-refractivity contribution in [1.82, 2.24) is 20.5 Å². The van der Waals surface area contributed by atoms with Crippen LogP contribution in [0.3, 0.4) is 0 Å². The molecule has 4 N–H and O–H groups in total. The first-order chi connectivity index (χ1) is 9.15. The minimum atomic E-state index is -0.258. The van der Waals surface area contributed by atoms with E-state index < -0.39 is 0 Å². The molecule has 3 rings (SSSR count). The van der Waals surface area contributed by atoms with E-state index in [-0.39, 0.29) is 11.6 Å². The Balaban J connectivity index is 1.66. The molecule has 100 valence electrons. The molecule has 0 aromatic carbocycles. The number of hydrogen-bond acceptors (Lipinski definition) is 5. The van der Waals surface area contributed by atoms with Gasteiger partial charge >= 0.3 is 0 Å². The van der Waals surface area contributed by atoms with E-state index in [2.05, 4.69) is 20.5 Å². The molecule has 0 spiro atoms. The van der Waals surface area contributed by atoms with E-state index >= 15 is 0 Å². The Labute approximate surface area is 114 Å². The Kier molecular flexibility index (Phi) is 2.98. The summed E-state index contributed by atoms with van der Waals surface area (Å²) in [6, 6.07) is 0. The summed E-state index contributed by atoms with van der Waals surface area (Å²) in [7, 11) is 0. The van der Waals surface area contributed by atoms with E-state index in [0.717, 1.165) is 29.2 Å². The highest BCUT2D eigenvalue weighted by molar-refractivity contribution is 7.09. The Hall–Kier alpha value is -1.89.